The van der Waals surface area contributed by atoms with Gasteiger partial charge in [-0.3, -0.25) is 4.79 Å². The Labute approximate surface area is 115 Å². The van der Waals surface area contributed by atoms with Gasteiger partial charge in [-0.15, -0.1) is 0 Å². The highest BCUT2D eigenvalue weighted by Crippen LogP contribution is 2.25. The number of ether oxygens (including phenoxy) is 1. The fourth-order valence-corrected chi connectivity index (χ4v) is 2.17. The number of phenolic OH excluding ortho intramolecular Hbond substituents is 1. The highest BCUT2D eigenvalue weighted by Gasteiger charge is 2.19. The third-order valence-corrected chi connectivity index (χ3v) is 3.18. The second-order valence-electron chi connectivity index (χ2n) is 4.67. The van der Waals surface area contributed by atoms with Crippen LogP contribution in [-0.2, 0) is 4.74 Å². The van der Waals surface area contributed by atoms with Gasteiger partial charge >= 0.3 is 0 Å². The van der Waals surface area contributed by atoms with Gasteiger partial charge in [0, 0.05) is 30.8 Å². The van der Waals surface area contributed by atoms with Crippen molar-refractivity contribution in [1.82, 2.24) is 5.32 Å². The Morgan fingerprint density at radius 3 is 2.70 bits per heavy atom. The predicted molar refractivity (Wildman–Crippen MR) is 73.6 cm³/mol. The quantitative estimate of drug-likeness (QED) is 0.871. The first kappa shape index (κ1) is 12.9. The Morgan fingerprint density at radius 2 is 2.00 bits per heavy atom. The molecule has 2 heterocycles. The third-order valence-electron chi connectivity index (χ3n) is 3.18. The van der Waals surface area contributed by atoms with E-state index in [4.69, 9.17) is 9.15 Å². The van der Waals surface area contributed by atoms with Crippen LogP contribution in [0.4, 0.5) is 0 Å². The van der Waals surface area contributed by atoms with Crippen molar-refractivity contribution in [1.29, 1.82) is 0 Å². The molecule has 1 saturated heterocycles. The van der Waals surface area contributed by atoms with Crippen molar-refractivity contribution in [3.8, 4) is 17.1 Å². The average molecular weight is 273 g/mol. The van der Waals surface area contributed by atoms with Crippen molar-refractivity contribution in [2.75, 3.05) is 19.7 Å². The zero-order valence-electron chi connectivity index (χ0n) is 10.8. The highest BCUT2D eigenvalue weighted by molar-refractivity contribution is 5.58. The molecule has 0 bridgehead atoms. The smallest absolute Gasteiger partial charge is 0.185 e. The summed E-state index contributed by atoms with van der Waals surface area (Å²) in [6, 6.07) is 9.42. The van der Waals surface area contributed by atoms with Gasteiger partial charge in [0.2, 0.25) is 0 Å². The lowest BCUT2D eigenvalue weighted by Crippen LogP contribution is -2.33. The van der Waals surface area contributed by atoms with Crippen LogP contribution in [0.25, 0.3) is 11.3 Å². The minimum absolute atomic E-state index is 0.122. The Balaban J connectivity index is 1.97. The Kier molecular flexibility index (Phi) is 3.54. The molecule has 0 saturated carbocycles. The van der Waals surface area contributed by atoms with Gasteiger partial charge in [0.25, 0.3) is 0 Å². The van der Waals surface area contributed by atoms with E-state index < -0.39 is 0 Å². The lowest BCUT2D eigenvalue weighted by atomic mass is 10.1. The van der Waals surface area contributed by atoms with E-state index in [0.717, 1.165) is 12.1 Å². The fourth-order valence-electron chi connectivity index (χ4n) is 2.17. The second kappa shape index (κ2) is 5.48. The molecule has 0 spiro atoms. The Hall–Kier alpha value is -2.11. The molecule has 0 amide bonds. The monoisotopic (exact) mass is 273 g/mol. The second-order valence-corrected chi connectivity index (χ2v) is 4.67. The summed E-state index contributed by atoms with van der Waals surface area (Å²) in [5, 5.41) is 12.5. The number of benzene rings is 1. The van der Waals surface area contributed by atoms with Gasteiger partial charge in [-0.1, -0.05) is 0 Å². The zero-order valence-corrected chi connectivity index (χ0v) is 10.8. The molecule has 1 aromatic heterocycles. The summed E-state index contributed by atoms with van der Waals surface area (Å²) in [6.45, 7) is 2.03. The molecule has 1 aliphatic rings. The molecular formula is C15H15NO4. The molecule has 1 aliphatic heterocycles. The van der Waals surface area contributed by atoms with E-state index in [2.05, 4.69) is 5.32 Å². The Bertz CT molecular complexity index is 642. The van der Waals surface area contributed by atoms with Gasteiger partial charge in [-0.25, -0.2) is 0 Å². The summed E-state index contributed by atoms with van der Waals surface area (Å²) >= 11 is 0. The molecule has 0 radical (unpaired) electrons. The lowest BCUT2D eigenvalue weighted by molar-refractivity contribution is 0.0137. The number of phenols is 1. The van der Waals surface area contributed by atoms with E-state index in [9.17, 15) is 9.90 Å². The summed E-state index contributed by atoms with van der Waals surface area (Å²) in [5.41, 5.74) is 0.619. The summed E-state index contributed by atoms with van der Waals surface area (Å²) in [4.78, 5) is 11.8. The molecule has 1 unspecified atom stereocenters. The highest BCUT2D eigenvalue weighted by atomic mass is 16.5. The maximum atomic E-state index is 11.8. The average Bonchev–Trinajstić information content (AvgIpc) is 2.48. The predicted octanol–water partition coefficient (Wildman–Crippen LogP) is 1.67. The van der Waals surface area contributed by atoms with Gasteiger partial charge in [0.15, 0.2) is 5.43 Å². The van der Waals surface area contributed by atoms with Crippen LogP contribution < -0.4 is 10.7 Å². The normalized spacial score (nSPS) is 18.9. The van der Waals surface area contributed by atoms with Crippen LogP contribution in [0.5, 0.6) is 5.75 Å². The van der Waals surface area contributed by atoms with E-state index in [1.807, 2.05) is 0 Å². The van der Waals surface area contributed by atoms with Crippen LogP contribution in [0, 0.1) is 0 Å². The molecule has 2 N–H and O–H groups in total. The molecule has 1 atom stereocenters. The maximum Gasteiger partial charge on any atom is 0.185 e. The van der Waals surface area contributed by atoms with Crippen LogP contribution in [0.2, 0.25) is 0 Å². The van der Waals surface area contributed by atoms with Crippen LogP contribution in [-0.4, -0.2) is 24.8 Å². The number of morpholine rings is 1. The van der Waals surface area contributed by atoms with Crippen molar-refractivity contribution in [2.24, 2.45) is 0 Å². The molecule has 1 aromatic carbocycles. The zero-order chi connectivity index (χ0) is 13.9. The first-order valence-corrected chi connectivity index (χ1v) is 6.49. The number of hydrogen-bond donors (Lipinski definition) is 2. The van der Waals surface area contributed by atoms with E-state index >= 15 is 0 Å². The van der Waals surface area contributed by atoms with Gasteiger partial charge in [0.05, 0.1) is 6.61 Å². The van der Waals surface area contributed by atoms with Gasteiger partial charge in [-0.05, 0) is 24.3 Å². The van der Waals surface area contributed by atoms with Crippen LogP contribution in [0.15, 0.2) is 45.6 Å². The van der Waals surface area contributed by atoms with Crippen LogP contribution in [0.1, 0.15) is 11.9 Å². The van der Waals surface area contributed by atoms with Crippen molar-refractivity contribution in [3.63, 3.8) is 0 Å². The summed E-state index contributed by atoms with van der Waals surface area (Å²) in [6.07, 6.45) is -0.242. The minimum atomic E-state index is -0.242. The number of nitrogens with one attached hydrogen (secondary N) is 1. The topological polar surface area (TPSA) is 71.7 Å². The Morgan fingerprint density at radius 1 is 1.20 bits per heavy atom. The molecule has 2 aromatic rings. The maximum absolute atomic E-state index is 11.8. The summed E-state index contributed by atoms with van der Waals surface area (Å²) in [7, 11) is 0. The summed E-state index contributed by atoms with van der Waals surface area (Å²) in [5.74, 6) is 1.17. The minimum Gasteiger partial charge on any atom is -0.508 e. The van der Waals surface area contributed by atoms with E-state index in [1.54, 1.807) is 24.3 Å². The van der Waals surface area contributed by atoms with E-state index in [0.29, 0.717) is 24.7 Å². The van der Waals surface area contributed by atoms with Crippen molar-refractivity contribution in [3.05, 3.63) is 52.4 Å². The molecule has 5 nitrogen and oxygen atoms in total. The molecule has 0 aliphatic carbocycles. The standard InChI is InChI=1S/C15H15NO4/c17-11-3-1-10(2-4-11)13-7-12(18)8-14(20-13)15-9-16-5-6-19-15/h1-4,7-8,15-17H,5-6,9H2. The SMILES string of the molecule is O=c1cc(-c2ccc(O)cc2)oc(C2CNCCO2)c1. The molecule has 1 fully saturated rings. The molecule has 5 heteroatoms. The van der Waals surface area contributed by atoms with Crippen molar-refractivity contribution >= 4 is 0 Å². The summed E-state index contributed by atoms with van der Waals surface area (Å²) < 4.78 is 11.4. The lowest BCUT2D eigenvalue weighted by Gasteiger charge is -2.22. The van der Waals surface area contributed by atoms with Crippen LogP contribution >= 0.6 is 0 Å². The van der Waals surface area contributed by atoms with Crippen LogP contribution in [0.3, 0.4) is 0 Å². The van der Waals surface area contributed by atoms with E-state index in [1.165, 1.54) is 12.1 Å². The van der Waals surface area contributed by atoms with Gasteiger partial charge in [-0.2, -0.15) is 0 Å². The number of rotatable bonds is 2. The molecule has 104 valence electrons. The number of hydrogen-bond acceptors (Lipinski definition) is 5. The van der Waals surface area contributed by atoms with Gasteiger partial charge < -0.3 is 19.6 Å². The fraction of sp³-hybridized carbons (Fsp3) is 0.267. The first-order valence-electron chi connectivity index (χ1n) is 6.49. The largest absolute Gasteiger partial charge is 0.508 e. The first-order chi connectivity index (χ1) is 9.72. The molecule has 20 heavy (non-hydrogen) atoms. The molecular weight excluding hydrogens is 258 g/mol. The molecule has 3 rings (SSSR count). The number of aromatic hydroxyl groups is 1. The van der Waals surface area contributed by atoms with Gasteiger partial charge in [0.1, 0.15) is 23.4 Å². The van der Waals surface area contributed by atoms with E-state index in [-0.39, 0.29) is 17.3 Å². The van der Waals surface area contributed by atoms with Crippen molar-refractivity contribution < 1.29 is 14.3 Å². The van der Waals surface area contributed by atoms with Crippen molar-refractivity contribution in [2.45, 2.75) is 6.10 Å². The third kappa shape index (κ3) is 2.74.